The van der Waals surface area contributed by atoms with Gasteiger partial charge in [-0.15, -0.1) is 0 Å². The van der Waals surface area contributed by atoms with Crippen molar-refractivity contribution in [2.75, 3.05) is 33.4 Å². The third kappa shape index (κ3) is 39.2. The Morgan fingerprint density at radius 2 is 0.945 bits per heavy atom. The minimum absolute atomic E-state index is 0. The molecule has 1 unspecified atom stereocenters. The molecule has 55 heavy (non-hydrogen) atoms. The standard InChI is InChI=1S/C48H91NO5.U/c1-4-6-8-10-12-14-16-18-20-22-24-26-28-30-35-47(50)53-43-39-46(52-42-33-32-34-45-37-40-49(3)41-38-45)44-54-48(51)36-31-29-27-25-23-21-19-17-15-13-11-9-7-5-2;/h39,42,45-46H,4-38,40-41,43-44H2,1-3H3;/q-2;+2. The van der Waals surface area contributed by atoms with E-state index < -0.39 is 6.10 Å². The van der Waals surface area contributed by atoms with Gasteiger partial charge < -0.3 is 19.1 Å². The van der Waals surface area contributed by atoms with Crippen molar-refractivity contribution < 1.29 is 54.9 Å². The first-order valence-electron chi connectivity index (χ1n) is 23.8. The number of nitrogens with zero attached hydrogens (tertiary/aromatic N) is 1. The topological polar surface area (TPSA) is 65.1 Å². The third-order valence-corrected chi connectivity index (χ3v) is 11.5. The zero-order valence-corrected chi connectivity index (χ0v) is 41.0. The van der Waals surface area contributed by atoms with E-state index in [0.717, 1.165) is 44.4 Å². The van der Waals surface area contributed by atoms with Gasteiger partial charge in [-0.25, -0.2) is 6.61 Å². The fraction of sp³-hybridized carbons (Fsp3) is 0.917. The molecule has 0 saturated carbocycles. The molecule has 6 nitrogen and oxygen atoms in total. The second-order valence-electron chi connectivity index (χ2n) is 16.8. The van der Waals surface area contributed by atoms with E-state index >= 15 is 0 Å². The summed E-state index contributed by atoms with van der Waals surface area (Å²) in [4.78, 5) is 27.4. The molecule has 322 valence electrons. The summed E-state index contributed by atoms with van der Waals surface area (Å²) in [6.45, 7) is 9.17. The Morgan fingerprint density at radius 1 is 0.564 bits per heavy atom. The Balaban J connectivity index is 0.0000292. The fourth-order valence-corrected chi connectivity index (χ4v) is 7.69. The summed E-state index contributed by atoms with van der Waals surface area (Å²) >= 11 is 0. The summed E-state index contributed by atoms with van der Waals surface area (Å²) in [5.74, 6) is 0.501. The Morgan fingerprint density at radius 3 is 1.36 bits per heavy atom. The number of hydrogen-bond donors (Lipinski definition) is 0. The molecule has 1 rings (SSSR count). The van der Waals surface area contributed by atoms with Crippen LogP contribution < -0.4 is 0 Å². The number of piperidine rings is 1. The van der Waals surface area contributed by atoms with Gasteiger partial charge in [-0.2, -0.15) is 6.42 Å². The van der Waals surface area contributed by atoms with Crippen LogP contribution in [-0.2, 0) is 23.8 Å². The molecule has 1 fully saturated rings. The number of hydrogen-bond acceptors (Lipinski definition) is 6. The molecule has 0 aromatic rings. The van der Waals surface area contributed by atoms with E-state index in [-0.39, 0.29) is 56.3 Å². The average molecular weight is 1000 g/mol. The van der Waals surface area contributed by atoms with Crippen LogP contribution >= 0.6 is 0 Å². The monoisotopic (exact) mass is 1000 g/mol. The predicted octanol–water partition coefficient (Wildman–Crippen LogP) is 14.1. The number of ether oxygens (including phenoxy) is 3. The fourth-order valence-electron chi connectivity index (χ4n) is 7.69. The number of esters is 2. The minimum Gasteiger partial charge on any atom is -0.571 e. The molecule has 0 aliphatic carbocycles. The van der Waals surface area contributed by atoms with Crippen LogP contribution in [0.15, 0.2) is 0 Å². The van der Waals surface area contributed by atoms with Crippen molar-refractivity contribution in [3.05, 3.63) is 13.0 Å². The molecular formula is C48H91NO5U. The van der Waals surface area contributed by atoms with E-state index in [9.17, 15) is 9.59 Å². The quantitative estimate of drug-likeness (QED) is 0.0345. The molecule has 1 heterocycles. The summed E-state index contributed by atoms with van der Waals surface area (Å²) in [5.41, 5.74) is 0. The number of carbonyl (C=O) groups is 2. The molecule has 0 amide bonds. The van der Waals surface area contributed by atoms with Crippen LogP contribution in [0.1, 0.15) is 239 Å². The third-order valence-electron chi connectivity index (χ3n) is 11.5. The van der Waals surface area contributed by atoms with Crippen molar-refractivity contribution >= 4 is 11.9 Å². The Labute approximate surface area is 366 Å². The number of rotatable bonds is 41. The zero-order chi connectivity index (χ0) is 39.0. The second kappa shape index (κ2) is 43.5. The van der Waals surface area contributed by atoms with Crippen LogP contribution in [0.4, 0.5) is 0 Å². The number of likely N-dealkylation sites (tertiary alicyclic amines) is 1. The first-order chi connectivity index (χ1) is 26.5. The van der Waals surface area contributed by atoms with Crippen LogP contribution in [0.25, 0.3) is 0 Å². The summed E-state index contributed by atoms with van der Waals surface area (Å²) in [7, 11) is 2.21. The molecule has 7 heteroatoms. The smallest absolute Gasteiger partial charge is 0.571 e. The molecule has 1 atom stereocenters. The van der Waals surface area contributed by atoms with E-state index in [1.807, 2.05) is 13.0 Å². The van der Waals surface area contributed by atoms with Gasteiger partial charge in [0.1, 0.15) is 0 Å². The maximum atomic E-state index is 12.5. The van der Waals surface area contributed by atoms with Gasteiger partial charge in [0.15, 0.2) is 0 Å². The Hall–Kier alpha value is -0.0881. The normalized spacial score (nSPS) is 14.2. The first-order valence-corrected chi connectivity index (χ1v) is 23.8. The van der Waals surface area contributed by atoms with Crippen molar-refractivity contribution in [1.82, 2.24) is 4.90 Å². The molecule has 1 aliphatic rings. The van der Waals surface area contributed by atoms with Gasteiger partial charge in [-0.05, 0) is 58.3 Å². The SMILES string of the molecule is CCCCCCCCCCCCCCCCC(=O)OC[CH-]C(COC(=O)CCCCCCCCCCCCCCCC)O[CH-]CCCC1CCN(C)CC1.[U+2]. The van der Waals surface area contributed by atoms with E-state index in [1.54, 1.807) is 0 Å². The Kier molecular flexibility index (Phi) is 43.4. The van der Waals surface area contributed by atoms with Gasteiger partial charge in [0.25, 0.3) is 0 Å². The number of carbonyl (C=O) groups excluding carboxylic acids is 2. The molecule has 0 aromatic heterocycles. The van der Waals surface area contributed by atoms with Gasteiger partial charge in [0.05, 0.1) is 6.61 Å². The summed E-state index contributed by atoms with van der Waals surface area (Å²) in [6.07, 6.45) is 44.5. The van der Waals surface area contributed by atoms with Crippen LogP contribution in [0.5, 0.6) is 0 Å². The Bertz CT molecular complexity index is 805. The maximum Gasteiger partial charge on any atom is 2.00 e. The minimum atomic E-state index is -0.400. The summed E-state index contributed by atoms with van der Waals surface area (Å²) < 4.78 is 17.2. The van der Waals surface area contributed by atoms with Gasteiger partial charge in [0.2, 0.25) is 0 Å². The van der Waals surface area contributed by atoms with Crippen LogP contribution in [-0.4, -0.2) is 56.3 Å². The van der Waals surface area contributed by atoms with Gasteiger partial charge in [-0.1, -0.05) is 200 Å². The van der Waals surface area contributed by atoms with Crippen LogP contribution in [0.2, 0.25) is 0 Å². The van der Waals surface area contributed by atoms with Gasteiger partial charge >= 0.3 is 43.1 Å². The van der Waals surface area contributed by atoms with Crippen molar-refractivity contribution in [3.63, 3.8) is 0 Å². The van der Waals surface area contributed by atoms with Crippen LogP contribution in [0.3, 0.4) is 0 Å². The molecule has 0 radical (unpaired) electrons. The van der Waals surface area contributed by atoms with E-state index in [4.69, 9.17) is 14.2 Å². The molecule has 0 bridgehead atoms. The average Bonchev–Trinajstić information content (AvgIpc) is 3.17. The molecule has 1 aliphatic heterocycles. The van der Waals surface area contributed by atoms with Gasteiger partial charge in [-0.3, -0.25) is 16.0 Å². The van der Waals surface area contributed by atoms with Crippen molar-refractivity contribution in [3.8, 4) is 0 Å². The van der Waals surface area contributed by atoms with E-state index in [2.05, 4.69) is 25.8 Å². The summed E-state index contributed by atoms with van der Waals surface area (Å²) in [6, 6.07) is 0. The second-order valence-corrected chi connectivity index (χ2v) is 16.8. The number of unbranched alkanes of at least 4 members (excludes halogenated alkanes) is 27. The first kappa shape index (κ1) is 54.9. The van der Waals surface area contributed by atoms with E-state index in [0.29, 0.717) is 12.8 Å². The van der Waals surface area contributed by atoms with Crippen LogP contribution in [0, 0.1) is 50.1 Å². The molecule has 0 aromatic carbocycles. The van der Waals surface area contributed by atoms with Crippen molar-refractivity contribution in [1.29, 1.82) is 0 Å². The van der Waals surface area contributed by atoms with Gasteiger partial charge in [0, 0.05) is 12.8 Å². The van der Waals surface area contributed by atoms with E-state index in [1.165, 1.54) is 186 Å². The predicted molar refractivity (Wildman–Crippen MR) is 229 cm³/mol. The summed E-state index contributed by atoms with van der Waals surface area (Å²) in [5, 5.41) is 0. The molecule has 1 saturated heterocycles. The van der Waals surface area contributed by atoms with Crippen molar-refractivity contribution in [2.24, 2.45) is 5.92 Å². The van der Waals surface area contributed by atoms with Crippen molar-refractivity contribution in [2.45, 2.75) is 245 Å². The molecular weight excluding hydrogens is 909 g/mol. The zero-order valence-electron chi connectivity index (χ0n) is 36.9. The maximum absolute atomic E-state index is 12.5. The largest absolute Gasteiger partial charge is 2.00 e. The molecule has 0 spiro atoms. The molecule has 0 N–H and O–H groups in total.